The van der Waals surface area contributed by atoms with Gasteiger partial charge >= 0.3 is 0 Å². The molecule has 1 saturated carbocycles. The van der Waals surface area contributed by atoms with Crippen molar-refractivity contribution in [3.05, 3.63) is 37.6 Å². The number of carbonyl (C=O) groups is 2. The van der Waals surface area contributed by atoms with Crippen molar-refractivity contribution in [3.8, 4) is 0 Å². The highest BCUT2D eigenvalue weighted by Gasteiger charge is 2.40. The van der Waals surface area contributed by atoms with Gasteiger partial charge < -0.3 is 0 Å². The smallest absolute Gasteiger partial charge is 0.268 e. The van der Waals surface area contributed by atoms with Crippen molar-refractivity contribution < 1.29 is 9.59 Å². The van der Waals surface area contributed by atoms with Crippen molar-refractivity contribution in [1.29, 1.82) is 0 Å². The summed E-state index contributed by atoms with van der Waals surface area (Å²) in [4.78, 5) is 27.0. The van der Waals surface area contributed by atoms with Gasteiger partial charge in [-0.3, -0.25) is 14.5 Å². The molecule has 0 spiro atoms. The van der Waals surface area contributed by atoms with E-state index >= 15 is 0 Å². The average Bonchev–Trinajstić information content (AvgIpc) is 2.74. The Labute approximate surface area is 163 Å². The van der Waals surface area contributed by atoms with Crippen LogP contribution in [0.2, 0.25) is 0 Å². The Hall–Kier alpha value is -0.590. The second-order valence-corrected chi connectivity index (χ2v) is 9.67. The summed E-state index contributed by atoms with van der Waals surface area (Å²) in [7, 11) is 0. The lowest BCUT2D eigenvalue weighted by Crippen LogP contribution is -2.39. The van der Waals surface area contributed by atoms with Crippen molar-refractivity contribution >= 4 is 60.8 Å². The fraction of sp³-hybridized carbons (Fsp3) is 0.444. The zero-order valence-corrected chi connectivity index (χ0v) is 17.5. The third kappa shape index (κ3) is 4.14. The van der Waals surface area contributed by atoms with Crippen LogP contribution in [0.1, 0.15) is 44.6 Å². The number of thioether (sulfide) groups is 1. The number of nitrogens with zero attached hydrogens (tertiary/aromatic N) is 1. The summed E-state index contributed by atoms with van der Waals surface area (Å²) in [6.45, 7) is 2.74. The third-order valence-corrected chi connectivity index (χ3v) is 6.48. The highest BCUT2D eigenvalue weighted by Crippen LogP contribution is 2.40. The maximum Gasteiger partial charge on any atom is 0.293 e. The molecule has 2 fully saturated rings. The van der Waals surface area contributed by atoms with Crippen molar-refractivity contribution in [2.75, 3.05) is 6.54 Å². The first kappa shape index (κ1) is 18.2. The summed E-state index contributed by atoms with van der Waals surface area (Å²) in [5, 5.41) is -0.146. The van der Waals surface area contributed by atoms with E-state index in [4.69, 9.17) is 0 Å². The Morgan fingerprint density at radius 1 is 1.12 bits per heavy atom. The number of amides is 2. The van der Waals surface area contributed by atoms with E-state index in [1.807, 2.05) is 18.2 Å². The summed E-state index contributed by atoms with van der Waals surface area (Å²) in [6, 6.07) is 5.80. The molecule has 2 amide bonds. The molecule has 1 heterocycles. The largest absolute Gasteiger partial charge is 0.293 e. The first-order valence-corrected chi connectivity index (χ1v) is 10.5. The fourth-order valence-corrected chi connectivity index (χ4v) is 5.56. The van der Waals surface area contributed by atoms with Crippen LogP contribution in [0.15, 0.2) is 32.0 Å². The monoisotopic (exact) mass is 471 g/mol. The van der Waals surface area contributed by atoms with E-state index in [0.717, 1.165) is 39.1 Å². The zero-order valence-electron chi connectivity index (χ0n) is 13.5. The highest BCUT2D eigenvalue weighted by atomic mass is 79.9. The first-order chi connectivity index (χ1) is 11.4. The predicted octanol–water partition coefficient (Wildman–Crippen LogP) is 6.22. The van der Waals surface area contributed by atoms with Crippen LogP contribution >= 0.6 is 43.6 Å². The van der Waals surface area contributed by atoms with Gasteiger partial charge in [-0.05, 0) is 59.9 Å². The molecular weight excluding hydrogens is 454 g/mol. The highest BCUT2D eigenvalue weighted by molar-refractivity contribution is 9.11. The first-order valence-electron chi connectivity index (χ1n) is 8.08. The predicted molar refractivity (Wildman–Crippen MR) is 106 cm³/mol. The van der Waals surface area contributed by atoms with Gasteiger partial charge in [0.1, 0.15) is 0 Å². The molecule has 0 aromatic heterocycles. The van der Waals surface area contributed by atoms with Gasteiger partial charge in [-0.15, -0.1) is 0 Å². The topological polar surface area (TPSA) is 37.4 Å². The lowest BCUT2D eigenvalue weighted by atomic mass is 9.75. The maximum absolute atomic E-state index is 12.7. The van der Waals surface area contributed by atoms with Gasteiger partial charge in [-0.25, -0.2) is 0 Å². The molecule has 24 heavy (non-hydrogen) atoms. The number of hydrogen-bond donors (Lipinski definition) is 0. The number of carbonyl (C=O) groups excluding carboxylic acids is 2. The summed E-state index contributed by atoms with van der Waals surface area (Å²) >= 11 is 7.93. The second-order valence-electron chi connectivity index (χ2n) is 6.84. The van der Waals surface area contributed by atoms with Gasteiger partial charge in [0.2, 0.25) is 0 Å². The van der Waals surface area contributed by atoms with Crippen LogP contribution in [0.3, 0.4) is 0 Å². The van der Waals surface area contributed by atoms with E-state index in [-0.39, 0.29) is 16.6 Å². The van der Waals surface area contributed by atoms with E-state index in [9.17, 15) is 9.59 Å². The molecule has 1 aliphatic carbocycles. The third-order valence-electron chi connectivity index (χ3n) is 4.66. The minimum absolute atomic E-state index is 0.0678. The van der Waals surface area contributed by atoms with Crippen molar-refractivity contribution in [1.82, 2.24) is 4.90 Å². The van der Waals surface area contributed by atoms with Crippen LogP contribution in [0, 0.1) is 5.41 Å². The molecule has 0 N–H and O–H groups in total. The Morgan fingerprint density at radius 3 is 2.38 bits per heavy atom. The van der Waals surface area contributed by atoms with Crippen LogP contribution in [-0.4, -0.2) is 22.6 Å². The van der Waals surface area contributed by atoms with Gasteiger partial charge in [0.15, 0.2) is 0 Å². The average molecular weight is 473 g/mol. The molecule has 1 saturated heterocycles. The van der Waals surface area contributed by atoms with Gasteiger partial charge in [-0.2, -0.15) is 0 Å². The van der Waals surface area contributed by atoms with Crippen molar-refractivity contribution in [2.24, 2.45) is 5.41 Å². The molecule has 0 unspecified atom stereocenters. The SMILES string of the molecule is CC1(CN2C(=O)S/C(=C\c3cc(Br)cc(Br)c3)C2=O)CCCCC1. The number of hydrogen-bond acceptors (Lipinski definition) is 3. The van der Waals surface area contributed by atoms with E-state index < -0.39 is 0 Å². The van der Waals surface area contributed by atoms with Crippen LogP contribution in [0.25, 0.3) is 6.08 Å². The minimum Gasteiger partial charge on any atom is -0.268 e. The van der Waals surface area contributed by atoms with Gasteiger partial charge in [0.05, 0.1) is 4.91 Å². The van der Waals surface area contributed by atoms with E-state index in [1.165, 1.54) is 24.2 Å². The Bertz CT molecular complexity index is 691. The molecule has 128 valence electrons. The summed E-state index contributed by atoms with van der Waals surface area (Å²) < 4.78 is 1.86. The molecule has 1 aliphatic heterocycles. The van der Waals surface area contributed by atoms with Gasteiger partial charge in [0, 0.05) is 15.5 Å². The van der Waals surface area contributed by atoms with Crippen molar-refractivity contribution in [2.45, 2.75) is 39.0 Å². The fourth-order valence-electron chi connectivity index (χ4n) is 3.39. The van der Waals surface area contributed by atoms with Crippen LogP contribution < -0.4 is 0 Å². The molecule has 1 aromatic carbocycles. The molecule has 1 aromatic rings. The number of halogens is 2. The number of rotatable bonds is 3. The van der Waals surface area contributed by atoms with E-state index in [2.05, 4.69) is 38.8 Å². The van der Waals surface area contributed by atoms with Crippen LogP contribution in [0.5, 0.6) is 0 Å². The Kier molecular flexibility index (Phi) is 5.57. The lowest BCUT2D eigenvalue weighted by Gasteiger charge is -2.35. The number of benzene rings is 1. The molecule has 0 atom stereocenters. The molecular formula is C18H19Br2NO2S. The molecule has 3 nitrogen and oxygen atoms in total. The zero-order chi connectivity index (χ0) is 17.3. The van der Waals surface area contributed by atoms with E-state index in [1.54, 1.807) is 6.08 Å². The molecule has 0 radical (unpaired) electrons. The summed E-state index contributed by atoms with van der Waals surface area (Å²) in [5.41, 5.74) is 0.962. The normalized spacial score (nSPS) is 22.5. The molecule has 0 bridgehead atoms. The number of imide groups is 1. The summed E-state index contributed by atoms with van der Waals surface area (Å²) in [6.07, 6.45) is 7.61. The molecule has 2 aliphatic rings. The lowest BCUT2D eigenvalue weighted by molar-refractivity contribution is -0.124. The molecule has 3 rings (SSSR count). The Balaban J connectivity index is 1.79. The van der Waals surface area contributed by atoms with E-state index in [0.29, 0.717) is 11.4 Å². The van der Waals surface area contributed by atoms with Crippen molar-refractivity contribution in [3.63, 3.8) is 0 Å². The minimum atomic E-state index is -0.159. The Morgan fingerprint density at radius 2 is 1.75 bits per heavy atom. The quantitative estimate of drug-likeness (QED) is 0.490. The second kappa shape index (κ2) is 7.34. The standard InChI is InChI=1S/C18H19Br2NO2S/c1-18(5-3-2-4-6-18)11-21-16(22)15(24-17(21)23)9-12-7-13(19)10-14(20)8-12/h7-10H,2-6,11H2,1H3/b15-9-. The molecule has 6 heteroatoms. The van der Waals surface area contributed by atoms with Crippen LogP contribution in [0.4, 0.5) is 4.79 Å². The summed E-state index contributed by atoms with van der Waals surface area (Å²) in [5.74, 6) is -0.159. The van der Waals surface area contributed by atoms with Crippen LogP contribution in [-0.2, 0) is 4.79 Å². The van der Waals surface area contributed by atoms with Gasteiger partial charge in [-0.1, -0.05) is 58.0 Å². The maximum atomic E-state index is 12.7. The van der Waals surface area contributed by atoms with Gasteiger partial charge in [0.25, 0.3) is 11.1 Å².